The first-order valence-corrected chi connectivity index (χ1v) is 7.86. The number of alkyl halides is 3. The number of aryl methyl sites for hydroxylation is 1. The summed E-state index contributed by atoms with van der Waals surface area (Å²) in [4.78, 5) is 10.7. The Labute approximate surface area is 143 Å². The number of benzene rings is 1. The van der Waals surface area contributed by atoms with Gasteiger partial charge in [0.1, 0.15) is 5.82 Å². The Morgan fingerprint density at radius 1 is 1.12 bits per heavy atom. The standard InChI is InChI=1S/C16H18ClF3N4/c1-4-24(5-2)15-21-10(3)8-14(23-15)22-11-6-7-13(17)12(9-11)16(18,19)20/h6-9H,4-5H2,1-3H3,(H,21,22,23). The second-order valence-corrected chi connectivity index (χ2v) is 5.59. The molecule has 0 bridgehead atoms. The zero-order valence-corrected chi connectivity index (χ0v) is 14.3. The molecule has 0 amide bonds. The Hall–Kier alpha value is -2.02. The van der Waals surface area contributed by atoms with Crippen LogP contribution >= 0.6 is 11.6 Å². The van der Waals surface area contributed by atoms with Gasteiger partial charge in [0.2, 0.25) is 5.95 Å². The Morgan fingerprint density at radius 3 is 2.38 bits per heavy atom. The molecular weight excluding hydrogens is 341 g/mol. The summed E-state index contributed by atoms with van der Waals surface area (Å²) in [5.41, 5.74) is 0.0960. The highest BCUT2D eigenvalue weighted by molar-refractivity contribution is 6.31. The minimum atomic E-state index is -4.51. The lowest BCUT2D eigenvalue weighted by molar-refractivity contribution is -0.137. The summed E-state index contributed by atoms with van der Waals surface area (Å²) in [6.45, 7) is 7.24. The highest BCUT2D eigenvalue weighted by atomic mass is 35.5. The van der Waals surface area contributed by atoms with Crippen molar-refractivity contribution >= 4 is 29.1 Å². The summed E-state index contributed by atoms with van der Waals surface area (Å²) < 4.78 is 38.8. The van der Waals surface area contributed by atoms with Gasteiger partial charge in [-0.2, -0.15) is 18.2 Å². The van der Waals surface area contributed by atoms with Crippen molar-refractivity contribution in [2.75, 3.05) is 23.3 Å². The van der Waals surface area contributed by atoms with Crippen LogP contribution in [0.3, 0.4) is 0 Å². The van der Waals surface area contributed by atoms with Crippen LogP contribution in [-0.4, -0.2) is 23.1 Å². The van der Waals surface area contributed by atoms with Crippen molar-refractivity contribution in [1.82, 2.24) is 9.97 Å². The SMILES string of the molecule is CCN(CC)c1nc(C)cc(Nc2ccc(Cl)c(C(F)(F)F)c2)n1. The fourth-order valence-corrected chi connectivity index (χ4v) is 2.46. The third-order valence-corrected chi connectivity index (χ3v) is 3.76. The van der Waals surface area contributed by atoms with Gasteiger partial charge in [0.25, 0.3) is 0 Å². The van der Waals surface area contributed by atoms with E-state index in [0.717, 1.165) is 24.8 Å². The first-order valence-electron chi connectivity index (χ1n) is 7.49. The van der Waals surface area contributed by atoms with Crippen molar-refractivity contribution in [3.05, 3.63) is 40.5 Å². The van der Waals surface area contributed by atoms with E-state index >= 15 is 0 Å². The van der Waals surface area contributed by atoms with Gasteiger partial charge in [0.05, 0.1) is 10.6 Å². The Kier molecular flexibility index (Phi) is 5.54. The van der Waals surface area contributed by atoms with E-state index in [1.807, 2.05) is 25.7 Å². The third-order valence-electron chi connectivity index (χ3n) is 3.43. The number of rotatable bonds is 5. The predicted molar refractivity (Wildman–Crippen MR) is 90.1 cm³/mol. The van der Waals surface area contributed by atoms with Crippen molar-refractivity contribution in [2.24, 2.45) is 0 Å². The molecule has 0 atom stereocenters. The smallest absolute Gasteiger partial charge is 0.341 e. The molecule has 130 valence electrons. The van der Waals surface area contributed by atoms with E-state index in [1.165, 1.54) is 12.1 Å². The van der Waals surface area contributed by atoms with Gasteiger partial charge in [-0.15, -0.1) is 0 Å². The van der Waals surface area contributed by atoms with Crippen molar-refractivity contribution in [3.8, 4) is 0 Å². The van der Waals surface area contributed by atoms with Crippen LogP contribution in [0.1, 0.15) is 25.1 Å². The summed E-state index contributed by atoms with van der Waals surface area (Å²) in [6, 6.07) is 5.34. The molecule has 4 nitrogen and oxygen atoms in total. The number of hydrogen-bond donors (Lipinski definition) is 1. The van der Waals surface area contributed by atoms with Gasteiger partial charge in [-0.1, -0.05) is 11.6 Å². The average Bonchev–Trinajstić information content (AvgIpc) is 2.49. The first kappa shape index (κ1) is 18.3. The number of halogens is 4. The zero-order valence-electron chi connectivity index (χ0n) is 13.6. The molecule has 24 heavy (non-hydrogen) atoms. The van der Waals surface area contributed by atoms with E-state index in [-0.39, 0.29) is 10.7 Å². The second kappa shape index (κ2) is 7.25. The third kappa shape index (κ3) is 4.29. The molecule has 0 radical (unpaired) electrons. The molecule has 1 heterocycles. The van der Waals surface area contributed by atoms with Gasteiger partial charge >= 0.3 is 6.18 Å². The van der Waals surface area contributed by atoms with Gasteiger partial charge in [0, 0.05) is 30.5 Å². The predicted octanol–water partition coefficient (Wildman–Crippen LogP) is 5.05. The minimum absolute atomic E-state index is 0.260. The lowest BCUT2D eigenvalue weighted by Crippen LogP contribution is -2.24. The highest BCUT2D eigenvalue weighted by Gasteiger charge is 2.33. The largest absolute Gasteiger partial charge is 0.417 e. The van der Waals surface area contributed by atoms with Gasteiger partial charge in [-0.05, 0) is 39.0 Å². The fraction of sp³-hybridized carbons (Fsp3) is 0.375. The molecule has 0 fully saturated rings. The quantitative estimate of drug-likeness (QED) is 0.812. The van der Waals surface area contributed by atoms with E-state index in [0.29, 0.717) is 11.8 Å². The van der Waals surface area contributed by atoms with Gasteiger partial charge in [-0.3, -0.25) is 0 Å². The van der Waals surface area contributed by atoms with Crippen LogP contribution in [0.5, 0.6) is 0 Å². The van der Waals surface area contributed by atoms with Crippen LogP contribution in [0.15, 0.2) is 24.3 Å². The summed E-state index contributed by atoms with van der Waals surface area (Å²) in [7, 11) is 0. The Bertz CT molecular complexity index is 715. The number of anilines is 3. The molecule has 0 aliphatic carbocycles. The van der Waals surface area contributed by atoms with Crippen LogP contribution in [0.25, 0.3) is 0 Å². The van der Waals surface area contributed by atoms with Gasteiger partial charge in [-0.25, -0.2) is 4.98 Å². The van der Waals surface area contributed by atoms with Crippen molar-refractivity contribution in [2.45, 2.75) is 26.9 Å². The van der Waals surface area contributed by atoms with Crippen LogP contribution in [0.4, 0.5) is 30.6 Å². The minimum Gasteiger partial charge on any atom is -0.341 e. The number of nitrogens with one attached hydrogen (secondary N) is 1. The zero-order chi connectivity index (χ0) is 17.9. The van der Waals surface area contributed by atoms with E-state index in [2.05, 4.69) is 15.3 Å². The maximum Gasteiger partial charge on any atom is 0.417 e. The molecule has 0 saturated carbocycles. The number of aromatic nitrogens is 2. The molecule has 0 unspecified atom stereocenters. The lowest BCUT2D eigenvalue weighted by Gasteiger charge is -2.20. The maximum absolute atomic E-state index is 12.9. The van der Waals surface area contributed by atoms with Crippen LogP contribution in [-0.2, 0) is 6.18 Å². The molecule has 1 N–H and O–H groups in total. The van der Waals surface area contributed by atoms with E-state index in [4.69, 9.17) is 11.6 Å². The summed E-state index contributed by atoms with van der Waals surface area (Å²) in [5, 5.41) is 2.55. The highest BCUT2D eigenvalue weighted by Crippen LogP contribution is 2.36. The Morgan fingerprint density at radius 2 is 1.79 bits per heavy atom. The van der Waals surface area contributed by atoms with E-state index in [1.54, 1.807) is 6.07 Å². The molecule has 2 rings (SSSR count). The molecule has 0 aliphatic rings. The normalized spacial score (nSPS) is 11.5. The van der Waals surface area contributed by atoms with Crippen LogP contribution in [0, 0.1) is 6.92 Å². The van der Waals surface area contributed by atoms with Gasteiger partial charge in [0.15, 0.2) is 0 Å². The molecule has 1 aromatic carbocycles. The number of nitrogens with zero attached hydrogens (tertiary/aromatic N) is 3. The fourth-order valence-electron chi connectivity index (χ4n) is 2.23. The second-order valence-electron chi connectivity index (χ2n) is 5.18. The Balaban J connectivity index is 2.35. The summed E-state index contributed by atoms with van der Waals surface area (Å²) in [6.07, 6.45) is -4.51. The topological polar surface area (TPSA) is 41.1 Å². The summed E-state index contributed by atoms with van der Waals surface area (Å²) in [5.74, 6) is 0.965. The van der Waals surface area contributed by atoms with E-state index < -0.39 is 11.7 Å². The van der Waals surface area contributed by atoms with Gasteiger partial charge < -0.3 is 10.2 Å². The van der Waals surface area contributed by atoms with E-state index in [9.17, 15) is 13.2 Å². The molecule has 0 spiro atoms. The number of hydrogen-bond acceptors (Lipinski definition) is 4. The molecule has 0 saturated heterocycles. The van der Waals surface area contributed by atoms with Crippen molar-refractivity contribution < 1.29 is 13.2 Å². The van der Waals surface area contributed by atoms with Crippen molar-refractivity contribution in [3.63, 3.8) is 0 Å². The monoisotopic (exact) mass is 358 g/mol. The lowest BCUT2D eigenvalue weighted by atomic mass is 10.2. The van der Waals surface area contributed by atoms with Crippen LogP contribution < -0.4 is 10.2 Å². The molecule has 1 aromatic heterocycles. The van der Waals surface area contributed by atoms with Crippen LogP contribution in [0.2, 0.25) is 5.02 Å². The molecule has 2 aromatic rings. The average molecular weight is 359 g/mol. The molecular formula is C16H18ClF3N4. The molecule has 0 aliphatic heterocycles. The van der Waals surface area contributed by atoms with Crippen molar-refractivity contribution in [1.29, 1.82) is 0 Å². The summed E-state index contributed by atoms with van der Waals surface area (Å²) >= 11 is 5.63. The maximum atomic E-state index is 12.9. The molecule has 8 heteroatoms. The first-order chi connectivity index (χ1) is 11.2.